The molecule has 2 saturated heterocycles. The first kappa shape index (κ1) is 17.2. The van der Waals surface area contributed by atoms with Gasteiger partial charge in [0.2, 0.25) is 5.91 Å². The average molecular weight is 351 g/mol. The highest BCUT2D eigenvalue weighted by molar-refractivity contribution is 5.91. The van der Waals surface area contributed by atoms with Crippen molar-refractivity contribution < 1.29 is 9.59 Å². The Labute approximate surface area is 154 Å². The van der Waals surface area contributed by atoms with Crippen LogP contribution in [0.25, 0.3) is 0 Å². The predicted octanol–water partition coefficient (Wildman–Crippen LogP) is 2.04. The van der Waals surface area contributed by atoms with Crippen molar-refractivity contribution in [2.24, 2.45) is 0 Å². The van der Waals surface area contributed by atoms with E-state index in [2.05, 4.69) is 34.5 Å². The number of nitrogens with one attached hydrogen (secondary N) is 1. The summed E-state index contributed by atoms with van der Waals surface area (Å²) >= 11 is 0. The normalized spacial score (nSPS) is 26.4. The van der Waals surface area contributed by atoms with Crippen LogP contribution in [0.2, 0.25) is 0 Å². The third kappa shape index (κ3) is 2.81. The Hall–Kier alpha value is -2.24. The summed E-state index contributed by atoms with van der Waals surface area (Å²) in [5, 5.41) is 3.37. The van der Waals surface area contributed by atoms with Crippen LogP contribution in [0.3, 0.4) is 0 Å². The number of rotatable bonds is 4. The molecule has 1 spiro atoms. The van der Waals surface area contributed by atoms with E-state index in [-0.39, 0.29) is 11.9 Å². The van der Waals surface area contributed by atoms with Crippen LogP contribution in [0.15, 0.2) is 54.6 Å². The van der Waals surface area contributed by atoms with Crippen molar-refractivity contribution in [3.63, 3.8) is 0 Å². The van der Waals surface area contributed by atoms with Gasteiger partial charge in [-0.2, -0.15) is 0 Å². The molecule has 1 N–H and O–H groups in total. The molecule has 1 aromatic carbocycles. The fraction of sp³-hybridized carbons (Fsp3) is 0.429. The molecule has 2 fully saturated rings. The van der Waals surface area contributed by atoms with Crippen LogP contribution >= 0.6 is 0 Å². The lowest BCUT2D eigenvalue weighted by molar-refractivity contribution is -0.138. The van der Waals surface area contributed by atoms with Crippen molar-refractivity contribution in [3.05, 3.63) is 60.2 Å². The van der Waals surface area contributed by atoms with E-state index in [1.807, 2.05) is 30.3 Å². The summed E-state index contributed by atoms with van der Waals surface area (Å²) < 4.78 is 0. The molecule has 2 atom stereocenters. The number of carbonyl (C=O) groups excluding carboxylic acids is 2. The van der Waals surface area contributed by atoms with Crippen LogP contribution < -0.4 is 5.32 Å². The van der Waals surface area contributed by atoms with Gasteiger partial charge in [0.25, 0.3) is 0 Å². The van der Waals surface area contributed by atoms with Crippen LogP contribution in [0.1, 0.15) is 30.9 Å². The highest BCUT2D eigenvalue weighted by Crippen LogP contribution is 2.40. The molecule has 0 radical (unpaired) electrons. The van der Waals surface area contributed by atoms with Gasteiger partial charge >= 0.3 is 0 Å². The number of amides is 1. The Kier molecular flexibility index (Phi) is 4.74. The zero-order valence-corrected chi connectivity index (χ0v) is 14.9. The highest BCUT2D eigenvalue weighted by atomic mass is 16.2. The second-order valence-electron chi connectivity index (χ2n) is 7.28. The summed E-state index contributed by atoms with van der Waals surface area (Å²) in [5.41, 5.74) is 0.377. The van der Waals surface area contributed by atoms with Gasteiger partial charge in [0.15, 0.2) is 0 Å². The van der Waals surface area contributed by atoms with Crippen molar-refractivity contribution in [3.8, 4) is 0 Å². The smallest absolute Gasteiger partial charge is 0.245 e. The molecule has 1 aromatic rings. The minimum atomic E-state index is -0.524. The summed E-state index contributed by atoms with van der Waals surface area (Å²) in [4.78, 5) is 29.6. The van der Waals surface area contributed by atoms with Crippen molar-refractivity contribution in [1.82, 2.24) is 15.1 Å². The number of hydrogen-bond donors (Lipinski definition) is 1. The first-order valence-corrected chi connectivity index (χ1v) is 9.38. The Bertz CT molecular complexity index is 722. The number of carbonyl (C=O) groups is 2. The molecule has 3 aliphatic rings. The molecule has 2 heterocycles. The van der Waals surface area contributed by atoms with Crippen LogP contribution in [0.5, 0.6) is 0 Å². The number of nitrogens with zero attached hydrogens (tertiary/aromatic N) is 2. The monoisotopic (exact) mass is 351 g/mol. The zero-order valence-electron chi connectivity index (χ0n) is 14.9. The molecule has 26 heavy (non-hydrogen) atoms. The number of aldehydes is 1. The molecule has 5 heteroatoms. The van der Waals surface area contributed by atoms with E-state index in [0.717, 1.165) is 44.2 Å². The third-order valence-electron chi connectivity index (χ3n) is 5.91. The maximum absolute atomic E-state index is 13.6. The van der Waals surface area contributed by atoms with Crippen molar-refractivity contribution in [2.75, 3.05) is 19.8 Å². The number of allylic oxidation sites excluding steroid dienone is 2. The summed E-state index contributed by atoms with van der Waals surface area (Å²) in [6.45, 7) is 2.17. The molecule has 0 saturated carbocycles. The first-order chi connectivity index (χ1) is 12.8. The molecule has 0 aromatic heterocycles. The van der Waals surface area contributed by atoms with Crippen LogP contribution in [0.4, 0.5) is 0 Å². The van der Waals surface area contributed by atoms with Gasteiger partial charge in [0.1, 0.15) is 17.9 Å². The van der Waals surface area contributed by atoms with Crippen molar-refractivity contribution >= 4 is 12.2 Å². The minimum Gasteiger partial charge on any atom is -0.317 e. The Morgan fingerprint density at radius 3 is 2.58 bits per heavy atom. The van der Waals surface area contributed by atoms with E-state index >= 15 is 0 Å². The third-order valence-corrected chi connectivity index (χ3v) is 5.91. The van der Waals surface area contributed by atoms with Gasteiger partial charge in [-0.1, -0.05) is 54.6 Å². The van der Waals surface area contributed by atoms with E-state index in [0.29, 0.717) is 6.67 Å². The molecule has 0 bridgehead atoms. The van der Waals surface area contributed by atoms with E-state index in [4.69, 9.17) is 0 Å². The lowest BCUT2D eigenvalue weighted by atomic mass is 9.84. The Balaban J connectivity index is 1.69. The molecule has 2 aliphatic heterocycles. The van der Waals surface area contributed by atoms with Gasteiger partial charge in [-0.15, -0.1) is 0 Å². The van der Waals surface area contributed by atoms with Crippen LogP contribution in [-0.4, -0.2) is 53.3 Å². The molecule has 1 amide bonds. The molecule has 4 rings (SSSR count). The SMILES string of the molecule is O=CC(c1ccccc1)N1CN(C2C=CC=CC2)C2(CCNCC2)C1=O. The van der Waals surface area contributed by atoms with Gasteiger partial charge in [0.05, 0.1) is 6.67 Å². The average Bonchev–Trinajstić information content (AvgIpc) is 2.97. The maximum atomic E-state index is 13.6. The highest BCUT2D eigenvalue weighted by Gasteiger charge is 2.55. The van der Waals surface area contributed by atoms with E-state index in [1.54, 1.807) is 4.90 Å². The number of piperidine rings is 1. The molecule has 1 aliphatic carbocycles. The second-order valence-corrected chi connectivity index (χ2v) is 7.28. The van der Waals surface area contributed by atoms with E-state index in [9.17, 15) is 9.59 Å². The van der Waals surface area contributed by atoms with Crippen molar-refractivity contribution in [2.45, 2.75) is 36.9 Å². The first-order valence-electron chi connectivity index (χ1n) is 9.38. The van der Waals surface area contributed by atoms with Gasteiger partial charge in [-0.05, 0) is 37.9 Å². The van der Waals surface area contributed by atoms with Crippen LogP contribution in [0, 0.1) is 0 Å². The molecule has 5 nitrogen and oxygen atoms in total. The quantitative estimate of drug-likeness (QED) is 0.844. The fourth-order valence-electron chi connectivity index (χ4n) is 4.51. The second kappa shape index (κ2) is 7.17. The fourth-order valence-corrected chi connectivity index (χ4v) is 4.51. The minimum absolute atomic E-state index is 0.0999. The summed E-state index contributed by atoms with van der Waals surface area (Å²) in [5.74, 6) is 0.0999. The Morgan fingerprint density at radius 2 is 1.92 bits per heavy atom. The molecular formula is C21H25N3O2. The maximum Gasteiger partial charge on any atom is 0.245 e. The lowest BCUT2D eigenvalue weighted by Gasteiger charge is -2.42. The van der Waals surface area contributed by atoms with Gasteiger partial charge in [-0.3, -0.25) is 9.69 Å². The van der Waals surface area contributed by atoms with E-state index in [1.165, 1.54) is 0 Å². The standard InChI is InChI=1S/C21H25N3O2/c25-15-19(17-7-3-1-4-8-17)23-16-24(18-9-5-2-6-10-18)21(20(23)26)11-13-22-14-12-21/h1-9,15,18-19,22H,10-14,16H2. The topological polar surface area (TPSA) is 52.7 Å². The summed E-state index contributed by atoms with van der Waals surface area (Å²) in [6, 6.07) is 9.29. The predicted molar refractivity (Wildman–Crippen MR) is 100 cm³/mol. The largest absolute Gasteiger partial charge is 0.317 e. The summed E-state index contributed by atoms with van der Waals surface area (Å²) in [7, 11) is 0. The van der Waals surface area contributed by atoms with Gasteiger partial charge in [-0.25, -0.2) is 0 Å². The lowest BCUT2D eigenvalue weighted by Crippen LogP contribution is -2.57. The Morgan fingerprint density at radius 1 is 1.15 bits per heavy atom. The van der Waals surface area contributed by atoms with Crippen molar-refractivity contribution in [1.29, 1.82) is 0 Å². The summed E-state index contributed by atoms with van der Waals surface area (Å²) in [6.07, 6.45) is 11.8. The number of benzene rings is 1. The molecule has 2 unspecified atom stereocenters. The molecule has 136 valence electrons. The van der Waals surface area contributed by atoms with Crippen LogP contribution in [-0.2, 0) is 9.59 Å². The van der Waals surface area contributed by atoms with Gasteiger partial charge in [0, 0.05) is 6.04 Å². The zero-order chi connectivity index (χ0) is 18.0. The number of hydrogen-bond acceptors (Lipinski definition) is 4. The molecular weight excluding hydrogens is 326 g/mol. The van der Waals surface area contributed by atoms with Gasteiger partial charge < -0.3 is 15.0 Å². The van der Waals surface area contributed by atoms with E-state index < -0.39 is 11.6 Å².